The second kappa shape index (κ2) is 6.56. The number of hydrogen-bond donors (Lipinski definition) is 1. The summed E-state index contributed by atoms with van der Waals surface area (Å²) in [7, 11) is 3.66. The molecule has 2 aliphatic rings. The molecule has 1 amide bonds. The third-order valence-electron chi connectivity index (χ3n) is 6.42. The van der Waals surface area contributed by atoms with E-state index < -0.39 is 0 Å². The molecule has 1 saturated carbocycles. The number of ether oxygens (including phenoxy) is 1. The molecule has 2 fully saturated rings. The Hall–Kier alpha value is -2.11. The Kier molecular flexibility index (Phi) is 4.37. The Balaban J connectivity index is 1.49. The highest BCUT2D eigenvalue weighted by atomic mass is 16.5. The first-order valence-electron chi connectivity index (χ1n) is 9.28. The minimum Gasteiger partial charge on any atom is -0.392 e. The first-order chi connectivity index (χ1) is 12.6. The number of piperidine rings is 1. The molecule has 1 aliphatic carbocycles. The molecular weight excluding hydrogens is 328 g/mol. The highest BCUT2D eigenvalue weighted by Crippen LogP contribution is 2.50. The van der Waals surface area contributed by atoms with E-state index in [1.165, 1.54) is 0 Å². The van der Waals surface area contributed by atoms with Crippen LogP contribution >= 0.6 is 0 Å². The summed E-state index contributed by atoms with van der Waals surface area (Å²) in [4.78, 5) is 14.9. The third kappa shape index (κ3) is 2.58. The van der Waals surface area contributed by atoms with E-state index >= 15 is 0 Å². The van der Waals surface area contributed by atoms with Crippen LogP contribution in [-0.4, -0.2) is 52.9 Å². The van der Waals surface area contributed by atoms with Crippen LogP contribution in [0.1, 0.15) is 29.8 Å². The molecule has 0 bridgehead atoms. The molecule has 0 unspecified atom stereocenters. The van der Waals surface area contributed by atoms with Gasteiger partial charge in [-0.15, -0.1) is 0 Å². The average molecular weight is 354 g/mol. The van der Waals surface area contributed by atoms with E-state index in [9.17, 15) is 9.90 Å². The number of amides is 1. The SMILES string of the molecule is CO[C@@H]1C[C@H](O)C12CCN(C(=O)c1ccc(-c3ccccc3)n1C)CC2. The van der Waals surface area contributed by atoms with E-state index in [0.29, 0.717) is 25.2 Å². The minimum absolute atomic E-state index is 0.0623. The number of likely N-dealkylation sites (tertiary alicyclic amines) is 1. The number of methoxy groups -OCH3 is 1. The van der Waals surface area contributed by atoms with Gasteiger partial charge in [-0.1, -0.05) is 30.3 Å². The van der Waals surface area contributed by atoms with Crippen LogP contribution in [0.25, 0.3) is 11.3 Å². The lowest BCUT2D eigenvalue weighted by atomic mass is 9.58. The monoisotopic (exact) mass is 354 g/mol. The summed E-state index contributed by atoms with van der Waals surface area (Å²) in [5.41, 5.74) is 2.69. The number of hydrogen-bond acceptors (Lipinski definition) is 3. The molecule has 5 nitrogen and oxygen atoms in total. The number of aromatic nitrogens is 1. The summed E-state index contributed by atoms with van der Waals surface area (Å²) in [6.07, 6.45) is 2.13. The molecule has 2 atom stereocenters. The molecule has 5 heteroatoms. The standard InChI is InChI=1S/C21H26N2O3/c1-22-16(15-6-4-3-5-7-15)8-9-17(22)20(25)23-12-10-21(11-13-23)18(24)14-19(21)26-2/h3-9,18-19,24H,10-14H2,1-2H3/t18-,19+/m0/s1. The Bertz CT molecular complexity index is 791. The second-order valence-electron chi connectivity index (χ2n) is 7.53. The maximum absolute atomic E-state index is 13.0. The number of benzene rings is 1. The van der Waals surface area contributed by atoms with Crippen molar-refractivity contribution >= 4 is 5.91 Å². The van der Waals surface area contributed by atoms with Gasteiger partial charge in [-0.25, -0.2) is 0 Å². The molecular formula is C21H26N2O3. The quantitative estimate of drug-likeness (QED) is 0.922. The number of carbonyl (C=O) groups is 1. The van der Waals surface area contributed by atoms with Gasteiger partial charge in [0, 0.05) is 44.8 Å². The zero-order valence-electron chi connectivity index (χ0n) is 15.4. The third-order valence-corrected chi connectivity index (χ3v) is 6.42. The smallest absolute Gasteiger partial charge is 0.270 e. The maximum atomic E-state index is 13.0. The van der Waals surface area contributed by atoms with Crippen molar-refractivity contribution in [3.05, 3.63) is 48.2 Å². The number of aliphatic hydroxyl groups excluding tert-OH is 1. The van der Waals surface area contributed by atoms with Crippen molar-refractivity contribution in [2.75, 3.05) is 20.2 Å². The number of rotatable bonds is 3. The highest BCUT2D eigenvalue weighted by Gasteiger charge is 2.56. The Morgan fingerprint density at radius 1 is 1.15 bits per heavy atom. The molecule has 1 aliphatic heterocycles. The van der Waals surface area contributed by atoms with E-state index in [2.05, 4.69) is 12.1 Å². The van der Waals surface area contributed by atoms with Gasteiger partial charge in [-0.3, -0.25) is 4.79 Å². The fourth-order valence-corrected chi connectivity index (χ4v) is 4.63. The van der Waals surface area contributed by atoms with Crippen LogP contribution in [0, 0.1) is 5.41 Å². The van der Waals surface area contributed by atoms with Crippen LogP contribution in [0.3, 0.4) is 0 Å². The van der Waals surface area contributed by atoms with E-state index in [0.717, 1.165) is 24.1 Å². The van der Waals surface area contributed by atoms with Crippen LogP contribution in [0.2, 0.25) is 0 Å². The van der Waals surface area contributed by atoms with E-state index in [1.807, 2.05) is 46.8 Å². The van der Waals surface area contributed by atoms with Gasteiger partial charge in [-0.05, 0) is 30.5 Å². The minimum atomic E-state index is -0.301. The molecule has 26 heavy (non-hydrogen) atoms. The van der Waals surface area contributed by atoms with Gasteiger partial charge >= 0.3 is 0 Å². The lowest BCUT2D eigenvalue weighted by Gasteiger charge is -2.56. The zero-order valence-corrected chi connectivity index (χ0v) is 15.4. The summed E-state index contributed by atoms with van der Waals surface area (Å²) in [5, 5.41) is 10.3. The van der Waals surface area contributed by atoms with Crippen molar-refractivity contribution in [3.63, 3.8) is 0 Å². The number of nitrogens with zero attached hydrogens (tertiary/aromatic N) is 2. The summed E-state index contributed by atoms with van der Waals surface area (Å²) in [6.45, 7) is 1.34. The average Bonchev–Trinajstić information content (AvgIpc) is 3.07. The molecule has 1 aromatic heterocycles. The van der Waals surface area contributed by atoms with Gasteiger partial charge in [0.1, 0.15) is 5.69 Å². The largest absolute Gasteiger partial charge is 0.392 e. The predicted octanol–water partition coefficient (Wildman–Crippen LogP) is 2.69. The van der Waals surface area contributed by atoms with Crippen molar-refractivity contribution in [1.82, 2.24) is 9.47 Å². The van der Waals surface area contributed by atoms with E-state index in [-0.39, 0.29) is 23.5 Å². The molecule has 1 aromatic carbocycles. The van der Waals surface area contributed by atoms with Crippen LogP contribution in [0.15, 0.2) is 42.5 Å². The Morgan fingerprint density at radius 3 is 2.46 bits per heavy atom. The molecule has 0 radical (unpaired) electrons. The molecule has 1 saturated heterocycles. The van der Waals surface area contributed by atoms with Crippen molar-refractivity contribution in [3.8, 4) is 11.3 Å². The van der Waals surface area contributed by atoms with Gasteiger partial charge in [0.2, 0.25) is 0 Å². The van der Waals surface area contributed by atoms with Crippen molar-refractivity contribution in [2.24, 2.45) is 12.5 Å². The van der Waals surface area contributed by atoms with Crippen molar-refractivity contribution in [2.45, 2.75) is 31.5 Å². The van der Waals surface area contributed by atoms with Crippen LogP contribution in [0.5, 0.6) is 0 Å². The van der Waals surface area contributed by atoms with E-state index in [1.54, 1.807) is 7.11 Å². The van der Waals surface area contributed by atoms with Gasteiger partial charge in [-0.2, -0.15) is 0 Å². The Morgan fingerprint density at radius 2 is 1.85 bits per heavy atom. The summed E-state index contributed by atoms with van der Waals surface area (Å²) in [5.74, 6) is 0.0623. The zero-order chi connectivity index (χ0) is 18.3. The van der Waals surface area contributed by atoms with Gasteiger partial charge in [0.05, 0.1) is 12.2 Å². The van der Waals surface area contributed by atoms with Gasteiger partial charge < -0.3 is 19.3 Å². The number of aliphatic hydroxyl groups is 1. The maximum Gasteiger partial charge on any atom is 0.270 e. The van der Waals surface area contributed by atoms with Gasteiger partial charge in [0.25, 0.3) is 5.91 Å². The molecule has 2 heterocycles. The lowest BCUT2D eigenvalue weighted by molar-refractivity contribution is -0.199. The number of carbonyl (C=O) groups excluding carboxylic acids is 1. The first-order valence-corrected chi connectivity index (χ1v) is 9.28. The van der Waals surface area contributed by atoms with Crippen LogP contribution in [-0.2, 0) is 11.8 Å². The summed E-state index contributed by atoms with van der Waals surface area (Å²) < 4.78 is 7.50. The predicted molar refractivity (Wildman–Crippen MR) is 99.8 cm³/mol. The highest BCUT2D eigenvalue weighted by molar-refractivity contribution is 5.94. The molecule has 2 aromatic rings. The van der Waals surface area contributed by atoms with Crippen molar-refractivity contribution < 1.29 is 14.6 Å². The summed E-state index contributed by atoms with van der Waals surface area (Å²) >= 11 is 0. The molecule has 4 rings (SSSR count). The first kappa shape index (κ1) is 17.3. The van der Waals surface area contributed by atoms with E-state index in [4.69, 9.17) is 4.74 Å². The Labute approximate surface area is 154 Å². The molecule has 1 N–H and O–H groups in total. The van der Waals surface area contributed by atoms with Crippen LogP contribution < -0.4 is 0 Å². The summed E-state index contributed by atoms with van der Waals surface area (Å²) in [6, 6.07) is 14.0. The fraction of sp³-hybridized carbons (Fsp3) is 0.476. The lowest BCUT2D eigenvalue weighted by Crippen LogP contribution is -2.62. The topological polar surface area (TPSA) is 54.7 Å². The van der Waals surface area contributed by atoms with Gasteiger partial charge in [0.15, 0.2) is 0 Å². The second-order valence-corrected chi connectivity index (χ2v) is 7.53. The molecule has 138 valence electrons. The van der Waals surface area contributed by atoms with Crippen molar-refractivity contribution in [1.29, 1.82) is 0 Å². The van der Waals surface area contributed by atoms with Crippen LogP contribution in [0.4, 0.5) is 0 Å². The molecule has 1 spiro atoms. The normalized spacial score (nSPS) is 24.5. The fourth-order valence-electron chi connectivity index (χ4n) is 4.63.